The molecule has 2 N–H and O–H groups in total. The first-order valence-electron chi connectivity index (χ1n) is 5.78. The van der Waals surface area contributed by atoms with Crippen molar-refractivity contribution in [3.05, 3.63) is 64.1 Å². The van der Waals surface area contributed by atoms with Gasteiger partial charge in [-0.3, -0.25) is 4.79 Å². The quantitative estimate of drug-likeness (QED) is 0.872. The van der Waals surface area contributed by atoms with Crippen molar-refractivity contribution in [2.24, 2.45) is 0 Å². The lowest BCUT2D eigenvalue weighted by Crippen LogP contribution is -2.17. The van der Waals surface area contributed by atoms with Crippen LogP contribution in [0.4, 0.5) is 0 Å². The Labute approximate surface area is 109 Å². The SMILES string of the molecule is O=C(O)c1cn(CCc2ccccc2)cc(O)c1=O. The Morgan fingerprint density at radius 2 is 1.84 bits per heavy atom. The number of rotatable bonds is 4. The third-order valence-electron chi connectivity index (χ3n) is 2.79. The van der Waals surface area contributed by atoms with E-state index >= 15 is 0 Å². The molecule has 5 heteroatoms. The zero-order valence-electron chi connectivity index (χ0n) is 10.1. The van der Waals surface area contributed by atoms with Crippen molar-refractivity contribution in [2.45, 2.75) is 13.0 Å². The molecule has 98 valence electrons. The maximum Gasteiger partial charge on any atom is 0.341 e. The predicted molar refractivity (Wildman–Crippen MR) is 69.5 cm³/mol. The lowest BCUT2D eigenvalue weighted by Gasteiger charge is -2.08. The van der Waals surface area contributed by atoms with E-state index in [1.807, 2.05) is 30.3 Å². The molecule has 0 bridgehead atoms. The number of hydrogen-bond donors (Lipinski definition) is 2. The van der Waals surface area contributed by atoms with Crippen molar-refractivity contribution in [1.29, 1.82) is 0 Å². The Kier molecular flexibility index (Phi) is 3.66. The number of aryl methyl sites for hydroxylation is 2. The third-order valence-corrected chi connectivity index (χ3v) is 2.79. The molecule has 0 fully saturated rings. The fourth-order valence-electron chi connectivity index (χ4n) is 1.80. The average molecular weight is 259 g/mol. The lowest BCUT2D eigenvalue weighted by atomic mass is 10.1. The van der Waals surface area contributed by atoms with Gasteiger partial charge >= 0.3 is 5.97 Å². The summed E-state index contributed by atoms with van der Waals surface area (Å²) in [5, 5.41) is 18.3. The van der Waals surface area contributed by atoms with Crippen LogP contribution in [-0.4, -0.2) is 20.7 Å². The van der Waals surface area contributed by atoms with Gasteiger partial charge in [-0.15, -0.1) is 0 Å². The fraction of sp³-hybridized carbons (Fsp3) is 0.143. The lowest BCUT2D eigenvalue weighted by molar-refractivity contribution is 0.0694. The molecule has 1 aromatic carbocycles. The number of carboxylic acid groups (broad SMARTS) is 1. The molecule has 1 aromatic heterocycles. The molecule has 0 spiro atoms. The highest BCUT2D eigenvalue weighted by atomic mass is 16.4. The van der Waals surface area contributed by atoms with Gasteiger partial charge in [-0.2, -0.15) is 0 Å². The van der Waals surface area contributed by atoms with Gasteiger partial charge < -0.3 is 14.8 Å². The summed E-state index contributed by atoms with van der Waals surface area (Å²) < 4.78 is 1.51. The molecule has 0 saturated heterocycles. The van der Waals surface area contributed by atoms with Gasteiger partial charge in [0.1, 0.15) is 5.56 Å². The van der Waals surface area contributed by atoms with Gasteiger partial charge in [-0.25, -0.2) is 4.79 Å². The van der Waals surface area contributed by atoms with Crippen LogP contribution >= 0.6 is 0 Å². The highest BCUT2D eigenvalue weighted by Crippen LogP contribution is 2.07. The molecule has 2 rings (SSSR count). The van der Waals surface area contributed by atoms with Gasteiger partial charge in [0.2, 0.25) is 5.43 Å². The molecule has 0 aliphatic heterocycles. The molecule has 0 radical (unpaired) electrons. The van der Waals surface area contributed by atoms with Crippen LogP contribution in [0.3, 0.4) is 0 Å². The first-order valence-corrected chi connectivity index (χ1v) is 5.78. The van der Waals surface area contributed by atoms with Gasteiger partial charge in [0.15, 0.2) is 5.75 Å². The summed E-state index contributed by atoms with van der Waals surface area (Å²) >= 11 is 0. The van der Waals surface area contributed by atoms with Crippen LogP contribution in [0.15, 0.2) is 47.5 Å². The first kappa shape index (κ1) is 12.9. The third kappa shape index (κ3) is 3.01. The molecular weight excluding hydrogens is 246 g/mol. The molecular formula is C14H13NO4. The zero-order valence-corrected chi connectivity index (χ0v) is 10.1. The van der Waals surface area contributed by atoms with Gasteiger partial charge in [0.05, 0.1) is 0 Å². The van der Waals surface area contributed by atoms with Crippen molar-refractivity contribution in [2.75, 3.05) is 0 Å². The van der Waals surface area contributed by atoms with Crippen LogP contribution in [0.5, 0.6) is 5.75 Å². The van der Waals surface area contributed by atoms with Gasteiger partial charge in [0, 0.05) is 18.9 Å². The predicted octanol–water partition coefficient (Wildman–Crippen LogP) is 1.49. The van der Waals surface area contributed by atoms with E-state index in [0.717, 1.165) is 5.56 Å². The molecule has 19 heavy (non-hydrogen) atoms. The minimum atomic E-state index is -1.34. The summed E-state index contributed by atoms with van der Waals surface area (Å²) in [5.41, 5.74) is -0.186. The van der Waals surface area contributed by atoms with Crippen LogP contribution in [0.2, 0.25) is 0 Å². The largest absolute Gasteiger partial charge is 0.503 e. The van der Waals surface area contributed by atoms with Gasteiger partial charge in [0.25, 0.3) is 0 Å². The normalized spacial score (nSPS) is 10.3. The molecule has 5 nitrogen and oxygen atoms in total. The molecule has 0 saturated carbocycles. The molecule has 0 amide bonds. The number of pyridine rings is 1. The Bertz CT molecular complexity index is 646. The van der Waals surface area contributed by atoms with Crippen molar-refractivity contribution < 1.29 is 15.0 Å². The summed E-state index contributed by atoms with van der Waals surface area (Å²) in [7, 11) is 0. The minimum absolute atomic E-state index is 0.423. The molecule has 2 aromatic rings. The van der Waals surface area contributed by atoms with E-state index in [0.29, 0.717) is 13.0 Å². The number of aromatic hydroxyl groups is 1. The van der Waals surface area contributed by atoms with E-state index in [9.17, 15) is 14.7 Å². The number of nitrogens with zero attached hydrogens (tertiary/aromatic N) is 1. The molecule has 0 unspecified atom stereocenters. The standard InChI is InChI=1S/C14H13NO4/c16-12-9-15(8-11(13(12)17)14(18)19)7-6-10-4-2-1-3-5-10/h1-5,8-9,16H,6-7H2,(H,18,19). The van der Waals surface area contributed by atoms with Crippen LogP contribution in [0, 0.1) is 0 Å². The number of aromatic carboxylic acids is 1. The highest BCUT2D eigenvalue weighted by Gasteiger charge is 2.12. The van der Waals surface area contributed by atoms with Gasteiger partial charge in [-0.05, 0) is 12.0 Å². The van der Waals surface area contributed by atoms with Crippen molar-refractivity contribution >= 4 is 5.97 Å². The molecule has 0 atom stereocenters. The van der Waals surface area contributed by atoms with E-state index in [1.165, 1.54) is 17.0 Å². The zero-order chi connectivity index (χ0) is 13.8. The van der Waals surface area contributed by atoms with Gasteiger partial charge in [-0.1, -0.05) is 30.3 Å². The maximum atomic E-state index is 11.4. The van der Waals surface area contributed by atoms with E-state index in [1.54, 1.807) is 0 Å². The molecule has 1 heterocycles. The Balaban J connectivity index is 2.22. The van der Waals surface area contributed by atoms with Crippen LogP contribution in [0.25, 0.3) is 0 Å². The van der Waals surface area contributed by atoms with E-state index in [-0.39, 0.29) is 0 Å². The van der Waals surface area contributed by atoms with Crippen LogP contribution in [-0.2, 0) is 13.0 Å². The number of carboxylic acids is 1. The van der Waals surface area contributed by atoms with E-state index in [4.69, 9.17) is 5.11 Å². The van der Waals surface area contributed by atoms with Crippen molar-refractivity contribution in [3.8, 4) is 5.75 Å². The second kappa shape index (κ2) is 5.39. The van der Waals surface area contributed by atoms with Crippen molar-refractivity contribution in [1.82, 2.24) is 4.57 Å². The Morgan fingerprint density at radius 3 is 2.47 bits per heavy atom. The first-order chi connectivity index (χ1) is 9.08. The second-order valence-corrected chi connectivity index (χ2v) is 4.16. The van der Waals surface area contributed by atoms with Crippen molar-refractivity contribution in [3.63, 3.8) is 0 Å². The summed E-state index contributed by atoms with van der Waals surface area (Å²) in [4.78, 5) is 22.3. The van der Waals surface area contributed by atoms with Crippen LogP contribution < -0.4 is 5.43 Å². The molecule has 0 aliphatic carbocycles. The maximum absolute atomic E-state index is 11.4. The Morgan fingerprint density at radius 1 is 1.16 bits per heavy atom. The topological polar surface area (TPSA) is 79.5 Å². The number of hydrogen-bond acceptors (Lipinski definition) is 3. The monoisotopic (exact) mass is 259 g/mol. The number of benzene rings is 1. The summed E-state index contributed by atoms with van der Waals surface area (Å²) in [6.45, 7) is 0.484. The van der Waals surface area contributed by atoms with E-state index < -0.39 is 22.7 Å². The highest BCUT2D eigenvalue weighted by molar-refractivity contribution is 5.87. The minimum Gasteiger partial charge on any atom is -0.503 e. The summed E-state index contributed by atoms with van der Waals surface area (Å²) in [5.74, 6) is -1.89. The van der Waals surface area contributed by atoms with E-state index in [2.05, 4.69) is 0 Å². The summed E-state index contributed by atoms with van der Waals surface area (Å²) in [6.07, 6.45) is 3.17. The summed E-state index contributed by atoms with van der Waals surface area (Å²) in [6, 6.07) is 9.67. The second-order valence-electron chi connectivity index (χ2n) is 4.16. The molecule has 0 aliphatic rings. The van der Waals surface area contributed by atoms with Crippen LogP contribution in [0.1, 0.15) is 15.9 Å². The fourth-order valence-corrected chi connectivity index (χ4v) is 1.80. The number of carbonyl (C=O) groups is 1. The Hall–Kier alpha value is -2.56. The number of aromatic nitrogens is 1. The average Bonchev–Trinajstić information content (AvgIpc) is 2.41. The smallest absolute Gasteiger partial charge is 0.341 e.